The van der Waals surface area contributed by atoms with Gasteiger partial charge in [-0.05, 0) is 35.2 Å². The van der Waals surface area contributed by atoms with E-state index in [4.69, 9.17) is 0 Å². The maximum atomic E-state index is 10.9. The average Bonchev–Trinajstić information content (AvgIpc) is 3.22. The van der Waals surface area contributed by atoms with Gasteiger partial charge in [0.25, 0.3) is 5.69 Å². The van der Waals surface area contributed by atoms with Crippen molar-refractivity contribution in [2.45, 2.75) is 30.7 Å². The highest BCUT2D eigenvalue weighted by molar-refractivity contribution is 7.98. The van der Waals surface area contributed by atoms with E-state index in [0.29, 0.717) is 11.7 Å². The molecule has 0 saturated carbocycles. The maximum absolute atomic E-state index is 10.9. The normalized spacial score (nSPS) is 11.1. The highest BCUT2D eigenvalue weighted by Crippen LogP contribution is 2.33. The van der Waals surface area contributed by atoms with Crippen LogP contribution in [0.3, 0.4) is 0 Å². The Morgan fingerprint density at radius 2 is 1.81 bits per heavy atom. The number of benzene rings is 2. The quantitative estimate of drug-likeness (QED) is 0.213. The van der Waals surface area contributed by atoms with Crippen molar-refractivity contribution in [2.24, 2.45) is 0 Å². The molecule has 7 nitrogen and oxygen atoms in total. The summed E-state index contributed by atoms with van der Waals surface area (Å²) in [5, 5.41) is 20.6. The zero-order valence-corrected chi connectivity index (χ0v) is 18.0. The van der Waals surface area contributed by atoms with Crippen molar-refractivity contribution in [3.63, 3.8) is 0 Å². The summed E-state index contributed by atoms with van der Waals surface area (Å²) in [7, 11) is 0. The third-order valence-corrected chi connectivity index (χ3v) is 5.87. The lowest BCUT2D eigenvalue weighted by atomic mass is 10.0. The minimum absolute atomic E-state index is 0.0849. The first-order chi connectivity index (χ1) is 15.0. The van der Waals surface area contributed by atoms with Gasteiger partial charge in [0, 0.05) is 35.8 Å². The predicted molar refractivity (Wildman–Crippen MR) is 121 cm³/mol. The maximum Gasteiger partial charge on any atom is 0.269 e. The van der Waals surface area contributed by atoms with Gasteiger partial charge in [-0.2, -0.15) is 0 Å². The zero-order valence-electron chi connectivity index (χ0n) is 17.2. The lowest BCUT2D eigenvalue weighted by Gasteiger charge is -2.16. The molecule has 0 unspecified atom stereocenters. The minimum Gasteiger partial charge on any atom is -0.270 e. The van der Waals surface area contributed by atoms with Gasteiger partial charge < -0.3 is 0 Å². The Morgan fingerprint density at radius 3 is 2.48 bits per heavy atom. The van der Waals surface area contributed by atoms with Crippen LogP contribution in [0, 0.1) is 10.1 Å². The van der Waals surface area contributed by atoms with Gasteiger partial charge in [-0.3, -0.25) is 19.7 Å². The number of thioether (sulfide) groups is 1. The highest BCUT2D eigenvalue weighted by atomic mass is 32.2. The molecule has 0 spiro atoms. The van der Waals surface area contributed by atoms with Gasteiger partial charge in [-0.15, -0.1) is 10.2 Å². The molecular weight excluding hydrogens is 410 g/mol. The van der Waals surface area contributed by atoms with E-state index in [2.05, 4.69) is 45.7 Å². The summed E-state index contributed by atoms with van der Waals surface area (Å²) in [5.41, 5.74) is 4.18. The van der Waals surface area contributed by atoms with E-state index in [9.17, 15) is 10.1 Å². The van der Waals surface area contributed by atoms with Gasteiger partial charge in [0.05, 0.1) is 10.6 Å². The van der Waals surface area contributed by atoms with E-state index in [1.807, 2.05) is 24.3 Å². The number of pyridine rings is 1. The molecule has 0 N–H and O–H groups in total. The van der Waals surface area contributed by atoms with Gasteiger partial charge >= 0.3 is 0 Å². The zero-order chi connectivity index (χ0) is 21.8. The van der Waals surface area contributed by atoms with E-state index in [-0.39, 0.29) is 5.69 Å². The van der Waals surface area contributed by atoms with Crippen LogP contribution in [0.4, 0.5) is 5.69 Å². The molecule has 2 aromatic carbocycles. The molecule has 31 heavy (non-hydrogen) atoms. The second-order valence-corrected chi connectivity index (χ2v) is 8.25. The lowest BCUT2D eigenvalue weighted by Crippen LogP contribution is -2.05. The molecule has 0 radical (unpaired) electrons. The number of rotatable bonds is 7. The van der Waals surface area contributed by atoms with Crippen molar-refractivity contribution in [2.75, 3.05) is 0 Å². The molecular formula is C23H21N5O2S. The third kappa shape index (κ3) is 4.49. The summed E-state index contributed by atoms with van der Waals surface area (Å²) in [6.07, 6.45) is 3.51. The second kappa shape index (κ2) is 9.09. The van der Waals surface area contributed by atoms with Gasteiger partial charge in [0.1, 0.15) is 0 Å². The van der Waals surface area contributed by atoms with Crippen LogP contribution in [0.25, 0.3) is 17.1 Å². The van der Waals surface area contributed by atoms with E-state index < -0.39 is 4.92 Å². The van der Waals surface area contributed by atoms with Crippen LogP contribution in [0.1, 0.15) is 30.9 Å². The van der Waals surface area contributed by atoms with Crippen molar-refractivity contribution >= 4 is 17.4 Å². The summed E-state index contributed by atoms with van der Waals surface area (Å²) in [5.74, 6) is 1.67. The average molecular weight is 432 g/mol. The first-order valence-corrected chi connectivity index (χ1v) is 10.8. The fourth-order valence-electron chi connectivity index (χ4n) is 3.30. The van der Waals surface area contributed by atoms with Crippen LogP contribution in [-0.2, 0) is 5.75 Å². The summed E-state index contributed by atoms with van der Waals surface area (Å²) in [6.45, 7) is 4.33. The van der Waals surface area contributed by atoms with Gasteiger partial charge in [-0.1, -0.05) is 55.9 Å². The van der Waals surface area contributed by atoms with Gasteiger partial charge in [0.15, 0.2) is 11.0 Å². The van der Waals surface area contributed by atoms with Gasteiger partial charge in [-0.25, -0.2) is 0 Å². The largest absolute Gasteiger partial charge is 0.270 e. The summed E-state index contributed by atoms with van der Waals surface area (Å²) >= 11 is 1.54. The highest BCUT2D eigenvalue weighted by Gasteiger charge is 2.19. The molecule has 0 bridgehead atoms. The van der Waals surface area contributed by atoms with Crippen LogP contribution in [0.15, 0.2) is 78.2 Å². The molecule has 0 saturated heterocycles. The van der Waals surface area contributed by atoms with Crippen molar-refractivity contribution in [1.29, 1.82) is 0 Å². The Balaban J connectivity index is 1.73. The minimum atomic E-state index is -0.392. The number of hydrogen-bond donors (Lipinski definition) is 0. The molecule has 156 valence electrons. The van der Waals surface area contributed by atoms with Crippen molar-refractivity contribution in [1.82, 2.24) is 19.7 Å². The summed E-state index contributed by atoms with van der Waals surface area (Å²) in [6, 6.07) is 18.7. The Labute approximate surface area is 184 Å². The van der Waals surface area contributed by atoms with E-state index in [1.54, 1.807) is 36.3 Å². The second-order valence-electron chi connectivity index (χ2n) is 7.31. The number of non-ortho nitro benzene ring substituents is 1. The van der Waals surface area contributed by atoms with Crippen LogP contribution in [0.5, 0.6) is 0 Å². The Bertz CT molecular complexity index is 1190. The van der Waals surface area contributed by atoms with Gasteiger partial charge in [0.2, 0.25) is 0 Å². The molecule has 4 aromatic rings. The molecule has 0 atom stereocenters. The molecule has 8 heteroatoms. The topological polar surface area (TPSA) is 86.7 Å². The number of para-hydroxylation sites is 1. The third-order valence-electron chi connectivity index (χ3n) is 4.87. The molecule has 2 heterocycles. The monoisotopic (exact) mass is 431 g/mol. The first-order valence-electron chi connectivity index (χ1n) is 9.86. The Hall–Kier alpha value is -3.52. The fraction of sp³-hybridized carbons (Fsp3) is 0.174. The van der Waals surface area contributed by atoms with Crippen LogP contribution in [-0.4, -0.2) is 24.7 Å². The Morgan fingerprint density at radius 1 is 1.03 bits per heavy atom. The number of hydrogen-bond acceptors (Lipinski definition) is 6. The van der Waals surface area contributed by atoms with E-state index in [0.717, 1.165) is 27.8 Å². The van der Waals surface area contributed by atoms with Crippen LogP contribution >= 0.6 is 11.8 Å². The Kier molecular flexibility index (Phi) is 6.08. The molecule has 0 aliphatic heterocycles. The number of nitro groups is 1. The smallest absolute Gasteiger partial charge is 0.269 e. The summed E-state index contributed by atoms with van der Waals surface area (Å²) < 4.78 is 2.07. The van der Waals surface area contributed by atoms with Crippen molar-refractivity contribution in [3.8, 4) is 17.1 Å². The summed E-state index contributed by atoms with van der Waals surface area (Å²) in [4.78, 5) is 14.7. The number of nitrogens with zero attached hydrogens (tertiary/aromatic N) is 5. The van der Waals surface area contributed by atoms with E-state index >= 15 is 0 Å². The first kappa shape index (κ1) is 20.7. The van der Waals surface area contributed by atoms with Crippen molar-refractivity contribution in [3.05, 3.63) is 94.3 Å². The molecule has 0 aliphatic rings. The lowest BCUT2D eigenvalue weighted by molar-refractivity contribution is -0.384. The molecule has 0 fully saturated rings. The van der Waals surface area contributed by atoms with E-state index in [1.165, 1.54) is 17.7 Å². The standard InChI is InChI=1S/C23H21N5O2S/c1-16(2)20-7-3-4-8-21(20)27-22(18-6-5-13-24-14-18)25-26-23(27)31-15-17-9-11-19(12-10-17)28(29)30/h3-14,16H,15H2,1-2H3. The number of aromatic nitrogens is 4. The predicted octanol–water partition coefficient (Wildman–Crippen LogP) is 5.65. The van der Waals surface area contributed by atoms with Crippen molar-refractivity contribution < 1.29 is 4.92 Å². The number of nitro benzene ring substituents is 1. The SMILES string of the molecule is CC(C)c1ccccc1-n1c(SCc2ccc([N+](=O)[O-])cc2)nnc1-c1cccnc1. The van der Waals surface area contributed by atoms with Crippen LogP contribution < -0.4 is 0 Å². The molecule has 0 aliphatic carbocycles. The molecule has 2 aromatic heterocycles. The molecule has 0 amide bonds. The van der Waals surface area contributed by atoms with Crippen LogP contribution in [0.2, 0.25) is 0 Å². The fourth-order valence-corrected chi connectivity index (χ4v) is 4.20. The molecule has 4 rings (SSSR count).